The summed E-state index contributed by atoms with van der Waals surface area (Å²) in [6.07, 6.45) is 0. The van der Waals surface area contributed by atoms with E-state index in [0.717, 1.165) is 0 Å². The zero-order chi connectivity index (χ0) is 20.9. The van der Waals surface area contributed by atoms with E-state index in [1.165, 1.54) is 12.1 Å². The molecule has 0 saturated carbocycles. The number of carbonyl (C=O) groups excluding carboxylic acids is 2. The summed E-state index contributed by atoms with van der Waals surface area (Å²) in [5.74, 6) is -1.43. The predicted molar refractivity (Wildman–Crippen MR) is 112 cm³/mol. The second kappa shape index (κ2) is 8.53. The molecular weight excluding hydrogens is 383 g/mol. The third-order valence-corrected chi connectivity index (χ3v) is 4.47. The van der Waals surface area contributed by atoms with Crippen molar-refractivity contribution in [3.8, 4) is 11.3 Å². The van der Waals surface area contributed by atoms with E-state index in [-0.39, 0.29) is 11.4 Å². The fourth-order valence-electron chi connectivity index (χ4n) is 3.04. The number of esters is 1. The minimum absolute atomic E-state index is 0.285. The first kappa shape index (κ1) is 19.3. The fraction of sp³-hybridized carbons (Fsp3) is 0.0417. The number of benzene rings is 3. The molecule has 3 aromatic carbocycles. The van der Waals surface area contributed by atoms with Crippen LogP contribution in [0, 0.1) is 5.82 Å². The SMILES string of the molecule is O=C(COC(=O)c1cc(-c2ccc(F)cc2)nc2ccccc12)Nc1ccccc1. The van der Waals surface area contributed by atoms with Crippen molar-refractivity contribution < 1.29 is 18.7 Å². The highest BCUT2D eigenvalue weighted by Gasteiger charge is 2.16. The number of para-hydroxylation sites is 2. The number of rotatable bonds is 5. The first-order valence-corrected chi connectivity index (χ1v) is 9.28. The molecule has 0 bridgehead atoms. The van der Waals surface area contributed by atoms with Gasteiger partial charge in [0, 0.05) is 16.6 Å². The molecule has 30 heavy (non-hydrogen) atoms. The Balaban J connectivity index is 1.58. The first-order chi connectivity index (χ1) is 14.6. The number of carbonyl (C=O) groups is 2. The van der Waals surface area contributed by atoms with Crippen LogP contribution in [0.2, 0.25) is 0 Å². The number of amides is 1. The second-order valence-electron chi connectivity index (χ2n) is 6.57. The van der Waals surface area contributed by atoms with Crippen LogP contribution in [0.5, 0.6) is 0 Å². The standard InChI is InChI=1S/C24H17FN2O3/c25-17-12-10-16(11-13-17)22-14-20(19-8-4-5-9-21(19)27-22)24(29)30-15-23(28)26-18-6-2-1-3-7-18/h1-14H,15H2,(H,26,28). The summed E-state index contributed by atoms with van der Waals surface area (Å²) in [7, 11) is 0. The Morgan fingerprint density at radius 1 is 0.900 bits per heavy atom. The van der Waals surface area contributed by atoms with Crippen molar-refractivity contribution in [2.75, 3.05) is 11.9 Å². The van der Waals surface area contributed by atoms with Gasteiger partial charge >= 0.3 is 5.97 Å². The Labute approximate surface area is 172 Å². The van der Waals surface area contributed by atoms with Gasteiger partial charge in [0.05, 0.1) is 16.8 Å². The fourth-order valence-corrected chi connectivity index (χ4v) is 3.04. The van der Waals surface area contributed by atoms with Crippen LogP contribution in [-0.2, 0) is 9.53 Å². The number of hydrogen-bond acceptors (Lipinski definition) is 4. The molecule has 6 heteroatoms. The molecule has 1 N–H and O–H groups in total. The maximum atomic E-state index is 13.3. The number of hydrogen-bond donors (Lipinski definition) is 1. The van der Waals surface area contributed by atoms with Crippen LogP contribution < -0.4 is 5.32 Å². The highest BCUT2D eigenvalue weighted by Crippen LogP contribution is 2.25. The van der Waals surface area contributed by atoms with Crippen molar-refractivity contribution in [3.63, 3.8) is 0 Å². The Kier molecular flexibility index (Phi) is 5.48. The molecule has 0 aliphatic carbocycles. The van der Waals surface area contributed by atoms with E-state index in [0.29, 0.717) is 27.8 Å². The van der Waals surface area contributed by atoms with Crippen molar-refractivity contribution in [2.24, 2.45) is 0 Å². The molecule has 1 heterocycles. The number of pyridine rings is 1. The van der Waals surface area contributed by atoms with E-state index < -0.39 is 18.5 Å². The maximum Gasteiger partial charge on any atom is 0.339 e. The van der Waals surface area contributed by atoms with E-state index in [2.05, 4.69) is 10.3 Å². The van der Waals surface area contributed by atoms with Crippen LogP contribution >= 0.6 is 0 Å². The summed E-state index contributed by atoms with van der Waals surface area (Å²) in [6.45, 7) is -0.420. The number of fused-ring (bicyclic) bond motifs is 1. The molecule has 0 atom stereocenters. The van der Waals surface area contributed by atoms with Crippen LogP contribution in [0.4, 0.5) is 10.1 Å². The van der Waals surface area contributed by atoms with Gasteiger partial charge in [0.1, 0.15) is 5.82 Å². The summed E-state index contributed by atoms with van der Waals surface area (Å²) in [5.41, 5.74) is 2.67. The van der Waals surface area contributed by atoms with Gasteiger partial charge in [-0.2, -0.15) is 0 Å². The van der Waals surface area contributed by atoms with Gasteiger partial charge in [-0.05, 0) is 48.5 Å². The summed E-state index contributed by atoms with van der Waals surface area (Å²) in [5, 5.41) is 3.27. The molecule has 0 saturated heterocycles. The zero-order valence-corrected chi connectivity index (χ0v) is 15.8. The highest BCUT2D eigenvalue weighted by atomic mass is 19.1. The van der Waals surface area contributed by atoms with Gasteiger partial charge in [0.2, 0.25) is 0 Å². The van der Waals surface area contributed by atoms with E-state index in [1.54, 1.807) is 60.7 Å². The number of aromatic nitrogens is 1. The van der Waals surface area contributed by atoms with E-state index >= 15 is 0 Å². The van der Waals surface area contributed by atoms with Crippen LogP contribution in [-0.4, -0.2) is 23.5 Å². The van der Waals surface area contributed by atoms with Crippen LogP contribution in [0.1, 0.15) is 10.4 Å². The Hall–Kier alpha value is -4.06. The van der Waals surface area contributed by atoms with E-state index in [1.807, 2.05) is 12.1 Å². The van der Waals surface area contributed by atoms with Crippen LogP contribution in [0.25, 0.3) is 22.2 Å². The average molecular weight is 400 g/mol. The van der Waals surface area contributed by atoms with Gasteiger partial charge in [-0.3, -0.25) is 4.79 Å². The molecule has 0 aliphatic heterocycles. The van der Waals surface area contributed by atoms with Crippen molar-refractivity contribution in [3.05, 3.63) is 96.3 Å². The molecular formula is C24H17FN2O3. The lowest BCUT2D eigenvalue weighted by molar-refractivity contribution is -0.119. The van der Waals surface area contributed by atoms with Crippen molar-refractivity contribution in [1.82, 2.24) is 4.98 Å². The summed E-state index contributed by atoms with van der Waals surface area (Å²) >= 11 is 0. The second-order valence-corrected chi connectivity index (χ2v) is 6.57. The maximum absolute atomic E-state index is 13.3. The topological polar surface area (TPSA) is 68.3 Å². The van der Waals surface area contributed by atoms with E-state index in [9.17, 15) is 14.0 Å². The van der Waals surface area contributed by atoms with Crippen molar-refractivity contribution in [2.45, 2.75) is 0 Å². The lowest BCUT2D eigenvalue weighted by Crippen LogP contribution is -2.21. The van der Waals surface area contributed by atoms with Crippen LogP contribution in [0.3, 0.4) is 0 Å². The monoisotopic (exact) mass is 400 g/mol. The summed E-state index contributed by atoms with van der Waals surface area (Å²) in [4.78, 5) is 29.4. The smallest absolute Gasteiger partial charge is 0.339 e. The number of anilines is 1. The largest absolute Gasteiger partial charge is 0.452 e. The van der Waals surface area contributed by atoms with Crippen molar-refractivity contribution in [1.29, 1.82) is 0 Å². The molecule has 0 radical (unpaired) electrons. The zero-order valence-electron chi connectivity index (χ0n) is 15.8. The molecule has 0 unspecified atom stereocenters. The number of nitrogens with one attached hydrogen (secondary N) is 1. The Bertz CT molecular complexity index is 1210. The Morgan fingerprint density at radius 2 is 1.60 bits per heavy atom. The Morgan fingerprint density at radius 3 is 2.37 bits per heavy atom. The molecule has 5 nitrogen and oxygen atoms in total. The predicted octanol–water partition coefficient (Wildman–Crippen LogP) is 4.84. The third-order valence-electron chi connectivity index (χ3n) is 4.47. The minimum Gasteiger partial charge on any atom is -0.452 e. The van der Waals surface area contributed by atoms with Gasteiger partial charge in [-0.15, -0.1) is 0 Å². The van der Waals surface area contributed by atoms with Gasteiger partial charge in [-0.1, -0.05) is 36.4 Å². The summed E-state index contributed by atoms with van der Waals surface area (Å²) in [6, 6.07) is 23.5. The third kappa shape index (κ3) is 4.33. The quantitative estimate of drug-likeness (QED) is 0.487. The summed E-state index contributed by atoms with van der Waals surface area (Å²) < 4.78 is 18.5. The van der Waals surface area contributed by atoms with Gasteiger partial charge in [-0.25, -0.2) is 14.2 Å². The minimum atomic E-state index is -0.639. The molecule has 1 aromatic heterocycles. The van der Waals surface area contributed by atoms with E-state index in [4.69, 9.17) is 4.74 Å². The van der Waals surface area contributed by atoms with Crippen molar-refractivity contribution >= 4 is 28.5 Å². The van der Waals surface area contributed by atoms with Gasteiger partial charge in [0.25, 0.3) is 5.91 Å². The lowest BCUT2D eigenvalue weighted by Gasteiger charge is -2.10. The first-order valence-electron chi connectivity index (χ1n) is 9.28. The lowest BCUT2D eigenvalue weighted by atomic mass is 10.0. The molecule has 148 valence electrons. The highest BCUT2D eigenvalue weighted by molar-refractivity contribution is 6.05. The van der Waals surface area contributed by atoms with Gasteiger partial charge < -0.3 is 10.1 Å². The molecule has 0 spiro atoms. The molecule has 0 fully saturated rings. The van der Waals surface area contributed by atoms with Gasteiger partial charge in [0.15, 0.2) is 6.61 Å². The molecule has 4 rings (SSSR count). The number of nitrogens with zero attached hydrogens (tertiary/aromatic N) is 1. The van der Waals surface area contributed by atoms with Crippen LogP contribution in [0.15, 0.2) is 84.9 Å². The average Bonchev–Trinajstić information content (AvgIpc) is 2.78. The normalized spacial score (nSPS) is 10.6. The number of ether oxygens (including phenoxy) is 1. The molecule has 0 aliphatic rings. The molecule has 1 amide bonds. The molecule has 4 aromatic rings. The number of halogens is 1.